The number of halogens is 1. The van der Waals surface area contributed by atoms with Crippen LogP contribution in [0.1, 0.15) is 61.3 Å². The van der Waals surface area contributed by atoms with Gasteiger partial charge in [0.15, 0.2) is 0 Å². The van der Waals surface area contributed by atoms with E-state index in [1.54, 1.807) is 0 Å². The van der Waals surface area contributed by atoms with Gasteiger partial charge < -0.3 is 9.47 Å². The Hall–Kier alpha value is -2.33. The molecule has 0 aliphatic heterocycles. The zero-order valence-corrected chi connectivity index (χ0v) is 18.4. The molecule has 1 heterocycles. The van der Waals surface area contributed by atoms with Crippen LogP contribution >= 0.6 is 11.6 Å². The predicted octanol–water partition coefficient (Wildman–Crippen LogP) is 6.24. The second-order valence-corrected chi connectivity index (χ2v) is 8.05. The van der Waals surface area contributed by atoms with Gasteiger partial charge >= 0.3 is 0 Å². The summed E-state index contributed by atoms with van der Waals surface area (Å²) in [5.74, 6) is 0.986. The zero-order chi connectivity index (χ0) is 20.8. The minimum absolute atomic E-state index is 0.0675. The van der Waals surface area contributed by atoms with Gasteiger partial charge in [-0.05, 0) is 50.1 Å². The number of hydrogen-bond acceptors (Lipinski definition) is 2. The molecule has 1 aromatic heterocycles. The van der Waals surface area contributed by atoms with E-state index in [2.05, 4.69) is 18.4 Å². The van der Waals surface area contributed by atoms with Crippen molar-refractivity contribution in [2.75, 3.05) is 6.54 Å². The van der Waals surface area contributed by atoms with Crippen LogP contribution in [0.3, 0.4) is 0 Å². The summed E-state index contributed by atoms with van der Waals surface area (Å²) in [6.45, 7) is 8.43. The summed E-state index contributed by atoms with van der Waals surface area (Å²) in [4.78, 5) is 20.1. The number of aromatic nitrogens is 2. The van der Waals surface area contributed by atoms with E-state index in [1.165, 1.54) is 0 Å². The zero-order valence-electron chi connectivity index (χ0n) is 17.6. The number of rotatable bonds is 9. The van der Waals surface area contributed by atoms with Crippen LogP contribution in [0, 0.1) is 6.92 Å². The van der Waals surface area contributed by atoms with Crippen molar-refractivity contribution < 1.29 is 4.79 Å². The highest BCUT2D eigenvalue weighted by atomic mass is 35.5. The number of aryl methyl sites for hydroxylation is 2. The average Bonchev–Trinajstić information content (AvgIpc) is 3.03. The molecule has 0 saturated carbocycles. The lowest BCUT2D eigenvalue weighted by atomic mass is 10.1. The molecule has 3 rings (SSSR count). The number of imidazole rings is 1. The van der Waals surface area contributed by atoms with Crippen LogP contribution in [0.2, 0.25) is 5.02 Å². The van der Waals surface area contributed by atoms with Crippen molar-refractivity contribution in [2.45, 2.75) is 59.5 Å². The normalized spacial score (nSPS) is 11.2. The van der Waals surface area contributed by atoms with Crippen molar-refractivity contribution in [2.24, 2.45) is 0 Å². The van der Waals surface area contributed by atoms with Crippen molar-refractivity contribution in [3.8, 4) is 0 Å². The summed E-state index contributed by atoms with van der Waals surface area (Å²) < 4.78 is 2.21. The molecule has 0 aliphatic rings. The standard InChI is InChI=1S/C24H30ClN3O/c1-4-6-7-14-27(24(29)19-10-8-9-18(3)15-19)17-23-26-21-12-11-20(25)16-22(21)28(23)13-5-2/h8-12,15-16H,4-7,13-14,17H2,1-3H3. The first kappa shape index (κ1) is 21.4. The largest absolute Gasteiger partial charge is 0.331 e. The lowest BCUT2D eigenvalue weighted by molar-refractivity contribution is 0.0734. The number of fused-ring (bicyclic) bond motifs is 1. The van der Waals surface area contributed by atoms with Crippen LogP contribution < -0.4 is 0 Å². The van der Waals surface area contributed by atoms with E-state index in [1.807, 2.05) is 54.3 Å². The highest BCUT2D eigenvalue weighted by Crippen LogP contribution is 2.23. The fourth-order valence-corrected chi connectivity index (χ4v) is 3.84. The van der Waals surface area contributed by atoms with Gasteiger partial charge in [-0.2, -0.15) is 0 Å². The number of hydrogen-bond donors (Lipinski definition) is 0. The summed E-state index contributed by atoms with van der Waals surface area (Å²) >= 11 is 6.23. The van der Waals surface area contributed by atoms with Crippen LogP contribution in [0.25, 0.3) is 11.0 Å². The fraction of sp³-hybridized carbons (Fsp3) is 0.417. The second kappa shape index (κ2) is 9.93. The Kier molecular flexibility index (Phi) is 7.32. The van der Waals surface area contributed by atoms with Crippen molar-refractivity contribution in [3.05, 3.63) is 64.4 Å². The number of nitrogens with zero attached hydrogens (tertiary/aromatic N) is 3. The topological polar surface area (TPSA) is 38.1 Å². The second-order valence-electron chi connectivity index (χ2n) is 7.62. The monoisotopic (exact) mass is 411 g/mol. The molecular weight excluding hydrogens is 382 g/mol. The summed E-state index contributed by atoms with van der Waals surface area (Å²) in [6.07, 6.45) is 4.22. The van der Waals surface area contributed by atoms with Gasteiger partial charge in [0.2, 0.25) is 0 Å². The minimum Gasteiger partial charge on any atom is -0.331 e. The van der Waals surface area contributed by atoms with Gasteiger partial charge in [0.1, 0.15) is 5.82 Å². The Balaban J connectivity index is 1.94. The highest BCUT2D eigenvalue weighted by Gasteiger charge is 2.20. The number of amides is 1. The molecule has 154 valence electrons. The molecule has 29 heavy (non-hydrogen) atoms. The predicted molar refractivity (Wildman–Crippen MR) is 120 cm³/mol. The quantitative estimate of drug-likeness (QED) is 0.391. The summed E-state index contributed by atoms with van der Waals surface area (Å²) in [5.41, 5.74) is 3.79. The highest BCUT2D eigenvalue weighted by molar-refractivity contribution is 6.31. The Morgan fingerprint density at radius 2 is 1.93 bits per heavy atom. The third-order valence-electron chi connectivity index (χ3n) is 5.15. The fourth-order valence-electron chi connectivity index (χ4n) is 3.68. The van der Waals surface area contributed by atoms with Crippen LogP contribution in [0.4, 0.5) is 0 Å². The Morgan fingerprint density at radius 1 is 1.10 bits per heavy atom. The molecule has 0 bridgehead atoms. The van der Waals surface area contributed by atoms with Gasteiger partial charge in [-0.3, -0.25) is 4.79 Å². The molecular formula is C24H30ClN3O. The van der Waals surface area contributed by atoms with Gasteiger partial charge in [-0.15, -0.1) is 0 Å². The van der Waals surface area contributed by atoms with E-state index in [-0.39, 0.29) is 5.91 Å². The van der Waals surface area contributed by atoms with E-state index < -0.39 is 0 Å². The number of unbranched alkanes of at least 4 members (excludes halogenated alkanes) is 2. The molecule has 0 N–H and O–H groups in total. The maximum absolute atomic E-state index is 13.3. The van der Waals surface area contributed by atoms with Crippen LogP contribution in [-0.4, -0.2) is 26.9 Å². The molecule has 0 atom stereocenters. The van der Waals surface area contributed by atoms with Crippen molar-refractivity contribution in [3.63, 3.8) is 0 Å². The van der Waals surface area contributed by atoms with E-state index in [0.717, 1.165) is 66.8 Å². The van der Waals surface area contributed by atoms with Gasteiger partial charge in [0, 0.05) is 23.7 Å². The maximum Gasteiger partial charge on any atom is 0.254 e. The van der Waals surface area contributed by atoms with Gasteiger partial charge in [-0.1, -0.05) is 56.0 Å². The summed E-state index contributed by atoms with van der Waals surface area (Å²) in [7, 11) is 0. The SMILES string of the molecule is CCCCCN(Cc1nc2ccc(Cl)cc2n1CCC)C(=O)c1cccc(C)c1. The Morgan fingerprint density at radius 3 is 2.66 bits per heavy atom. The third-order valence-corrected chi connectivity index (χ3v) is 5.39. The van der Waals surface area contributed by atoms with E-state index in [0.29, 0.717) is 11.6 Å². The summed E-state index contributed by atoms with van der Waals surface area (Å²) in [6, 6.07) is 13.6. The van der Waals surface area contributed by atoms with Crippen molar-refractivity contribution >= 4 is 28.5 Å². The molecule has 0 saturated heterocycles. The van der Waals surface area contributed by atoms with Crippen LogP contribution in [0.15, 0.2) is 42.5 Å². The first-order chi connectivity index (χ1) is 14.0. The first-order valence-corrected chi connectivity index (χ1v) is 10.9. The summed E-state index contributed by atoms with van der Waals surface area (Å²) in [5, 5.41) is 0.706. The van der Waals surface area contributed by atoms with Crippen LogP contribution in [-0.2, 0) is 13.1 Å². The minimum atomic E-state index is 0.0675. The number of carbonyl (C=O) groups excluding carboxylic acids is 1. The van der Waals surface area contributed by atoms with E-state index in [9.17, 15) is 4.79 Å². The lowest BCUT2D eigenvalue weighted by Gasteiger charge is -2.23. The molecule has 0 fully saturated rings. The molecule has 4 nitrogen and oxygen atoms in total. The molecule has 0 radical (unpaired) electrons. The molecule has 0 unspecified atom stereocenters. The van der Waals surface area contributed by atoms with Gasteiger partial charge in [-0.25, -0.2) is 4.98 Å². The van der Waals surface area contributed by atoms with Crippen LogP contribution in [0.5, 0.6) is 0 Å². The van der Waals surface area contributed by atoms with Crippen molar-refractivity contribution in [1.29, 1.82) is 0 Å². The van der Waals surface area contributed by atoms with E-state index in [4.69, 9.17) is 16.6 Å². The molecule has 3 aromatic rings. The number of benzene rings is 2. The smallest absolute Gasteiger partial charge is 0.254 e. The van der Waals surface area contributed by atoms with E-state index >= 15 is 0 Å². The molecule has 2 aromatic carbocycles. The molecule has 0 spiro atoms. The van der Waals surface area contributed by atoms with Gasteiger partial charge in [0.25, 0.3) is 5.91 Å². The Labute approximate surface area is 178 Å². The number of carbonyl (C=O) groups is 1. The molecule has 1 amide bonds. The lowest BCUT2D eigenvalue weighted by Crippen LogP contribution is -2.32. The molecule has 0 aliphatic carbocycles. The van der Waals surface area contributed by atoms with Crippen molar-refractivity contribution in [1.82, 2.24) is 14.5 Å². The average molecular weight is 412 g/mol. The third kappa shape index (κ3) is 5.18. The van der Waals surface area contributed by atoms with Gasteiger partial charge in [0.05, 0.1) is 17.6 Å². The maximum atomic E-state index is 13.3. The Bertz CT molecular complexity index is 979. The molecule has 5 heteroatoms. The first-order valence-electron chi connectivity index (χ1n) is 10.5.